The van der Waals surface area contributed by atoms with Crippen LogP contribution in [0.5, 0.6) is 0 Å². The Morgan fingerprint density at radius 3 is 1.91 bits per heavy atom. The molecule has 2 aromatic rings. The van der Waals surface area contributed by atoms with E-state index in [1.165, 1.54) is 0 Å². The molecule has 2 aromatic carbocycles. The molecule has 1 atom stereocenters. The minimum absolute atomic E-state index is 0.199. The number of nitrogens with two attached hydrogens (primary N) is 1. The molecule has 8 nitrogen and oxygen atoms in total. The monoisotopic (exact) mass is 478 g/mol. The second-order valence-corrected chi connectivity index (χ2v) is 9.43. The highest BCUT2D eigenvalue weighted by Crippen LogP contribution is 2.22. The van der Waals surface area contributed by atoms with Gasteiger partial charge in [-0.05, 0) is 62.4 Å². The first-order chi connectivity index (χ1) is 16.4. The number of nitriles is 1. The van der Waals surface area contributed by atoms with Crippen LogP contribution in [0.4, 0.5) is 4.79 Å². The van der Waals surface area contributed by atoms with Crippen LogP contribution in [0, 0.1) is 11.3 Å². The molecule has 3 amide bonds. The Morgan fingerprint density at radius 1 is 0.971 bits per heavy atom. The van der Waals surface area contributed by atoms with Gasteiger partial charge in [0, 0.05) is 6.42 Å². The van der Waals surface area contributed by atoms with E-state index in [1.54, 1.807) is 46.8 Å². The van der Waals surface area contributed by atoms with Gasteiger partial charge in [-0.25, -0.2) is 4.79 Å². The zero-order valence-electron chi connectivity index (χ0n) is 21.0. The zero-order valence-corrected chi connectivity index (χ0v) is 21.0. The van der Waals surface area contributed by atoms with Gasteiger partial charge in [-0.15, -0.1) is 0 Å². The summed E-state index contributed by atoms with van der Waals surface area (Å²) in [5.41, 5.74) is 6.95. The number of hydrogen-bond donors (Lipinski definition) is 3. The minimum Gasteiger partial charge on any atom is -0.444 e. The van der Waals surface area contributed by atoms with Crippen molar-refractivity contribution >= 4 is 17.9 Å². The van der Waals surface area contributed by atoms with Crippen LogP contribution < -0.4 is 16.4 Å². The van der Waals surface area contributed by atoms with E-state index in [0.717, 1.165) is 16.7 Å². The highest BCUT2D eigenvalue weighted by molar-refractivity contribution is 5.93. The topological polar surface area (TPSA) is 134 Å². The number of hydrogen-bond acceptors (Lipinski definition) is 5. The Bertz CT molecular complexity index is 1080. The van der Waals surface area contributed by atoms with E-state index >= 15 is 0 Å². The first kappa shape index (κ1) is 27.4. The van der Waals surface area contributed by atoms with Gasteiger partial charge >= 0.3 is 6.09 Å². The van der Waals surface area contributed by atoms with Crippen LogP contribution in [0.3, 0.4) is 0 Å². The maximum absolute atomic E-state index is 13.2. The maximum Gasteiger partial charge on any atom is 0.408 e. The van der Waals surface area contributed by atoms with Gasteiger partial charge in [-0.3, -0.25) is 9.59 Å². The van der Waals surface area contributed by atoms with Gasteiger partial charge in [0.25, 0.3) is 0 Å². The lowest BCUT2D eigenvalue weighted by atomic mass is 9.91. The lowest BCUT2D eigenvalue weighted by Gasteiger charge is -2.33. The summed E-state index contributed by atoms with van der Waals surface area (Å²) in [4.78, 5) is 37.8. The number of nitrogens with one attached hydrogen (secondary N) is 2. The average Bonchev–Trinajstić information content (AvgIpc) is 2.81. The molecule has 0 saturated carbocycles. The summed E-state index contributed by atoms with van der Waals surface area (Å²) in [5.74, 6) is -1.17. The number of rotatable bonds is 9. The molecule has 0 saturated heterocycles. The van der Waals surface area contributed by atoms with Gasteiger partial charge < -0.3 is 21.1 Å². The summed E-state index contributed by atoms with van der Waals surface area (Å²) < 4.78 is 5.32. The lowest BCUT2D eigenvalue weighted by Crippen LogP contribution is -2.62. The number of primary amides is 1. The van der Waals surface area contributed by atoms with Crippen LogP contribution in [0.15, 0.2) is 48.5 Å². The van der Waals surface area contributed by atoms with Gasteiger partial charge in [-0.1, -0.05) is 50.2 Å². The normalized spacial score (nSPS) is 12.2. The van der Waals surface area contributed by atoms with Gasteiger partial charge in [0.2, 0.25) is 11.8 Å². The van der Waals surface area contributed by atoms with E-state index in [9.17, 15) is 14.4 Å². The molecule has 0 radical (unpaired) electrons. The quantitative estimate of drug-likeness (QED) is 0.504. The van der Waals surface area contributed by atoms with Crippen molar-refractivity contribution in [2.24, 2.45) is 5.73 Å². The summed E-state index contributed by atoms with van der Waals surface area (Å²) in [6.07, 6.45) is 0.106. The molecule has 0 aliphatic heterocycles. The second-order valence-electron chi connectivity index (χ2n) is 9.43. The molecular formula is C27H34N4O4. The first-order valence-corrected chi connectivity index (χ1v) is 11.6. The third-order valence-corrected chi connectivity index (χ3v) is 5.77. The second kappa shape index (κ2) is 11.5. The smallest absolute Gasteiger partial charge is 0.408 e. The Labute approximate surface area is 206 Å². The molecule has 8 heteroatoms. The van der Waals surface area contributed by atoms with Crippen molar-refractivity contribution in [2.45, 2.75) is 71.1 Å². The average molecular weight is 479 g/mol. The Balaban J connectivity index is 2.15. The third-order valence-electron chi connectivity index (χ3n) is 5.77. The molecule has 186 valence electrons. The molecular weight excluding hydrogens is 444 g/mol. The first-order valence-electron chi connectivity index (χ1n) is 11.6. The number of benzene rings is 2. The van der Waals surface area contributed by atoms with E-state index in [1.807, 2.05) is 36.4 Å². The molecule has 2 rings (SSSR count). The number of alkyl carbamates (subject to hydrolysis) is 1. The van der Waals surface area contributed by atoms with Crippen LogP contribution >= 0.6 is 0 Å². The van der Waals surface area contributed by atoms with Crippen LogP contribution in [-0.2, 0) is 20.7 Å². The zero-order chi connectivity index (χ0) is 26.2. The molecule has 0 bridgehead atoms. The third kappa shape index (κ3) is 7.57. The standard InChI is InChI=1S/C27H34N4O4/c1-6-27(7-2,31-25(34)35-26(3,4)5)24(33)30-22(23(29)32)16-18-8-12-20(13-9-18)21-14-10-19(17-28)11-15-21/h8-15,22H,6-7,16H2,1-5H3,(H2,29,32)(H,30,33)(H,31,34)/t22-/m0/s1. The van der Waals surface area contributed by atoms with Gasteiger partial charge in [0.05, 0.1) is 11.6 Å². The highest BCUT2D eigenvalue weighted by atomic mass is 16.6. The lowest BCUT2D eigenvalue weighted by molar-refractivity contribution is -0.132. The minimum atomic E-state index is -1.24. The summed E-state index contributed by atoms with van der Waals surface area (Å²) in [7, 11) is 0. The molecule has 0 unspecified atom stereocenters. The predicted octanol–water partition coefficient (Wildman–Crippen LogP) is 3.82. The number of carbonyl (C=O) groups excluding carboxylic acids is 3. The van der Waals surface area contributed by atoms with Gasteiger partial charge in [-0.2, -0.15) is 5.26 Å². The van der Waals surface area contributed by atoms with Crippen molar-refractivity contribution in [1.29, 1.82) is 5.26 Å². The Morgan fingerprint density at radius 2 is 1.49 bits per heavy atom. The maximum atomic E-state index is 13.2. The van der Waals surface area contributed by atoms with E-state index in [4.69, 9.17) is 15.7 Å². The van der Waals surface area contributed by atoms with E-state index in [2.05, 4.69) is 16.7 Å². The van der Waals surface area contributed by atoms with Crippen molar-refractivity contribution in [1.82, 2.24) is 10.6 Å². The van der Waals surface area contributed by atoms with Crippen LogP contribution in [0.2, 0.25) is 0 Å². The number of amides is 3. The van der Waals surface area contributed by atoms with Crippen molar-refractivity contribution in [3.05, 3.63) is 59.7 Å². The Kier molecular flexibility index (Phi) is 9.01. The van der Waals surface area contributed by atoms with E-state index in [-0.39, 0.29) is 6.42 Å². The largest absolute Gasteiger partial charge is 0.444 e. The van der Waals surface area contributed by atoms with Crippen LogP contribution in [-0.4, -0.2) is 35.1 Å². The van der Waals surface area contributed by atoms with Crippen molar-refractivity contribution in [3.63, 3.8) is 0 Å². The predicted molar refractivity (Wildman–Crippen MR) is 134 cm³/mol. The molecule has 0 spiro atoms. The fourth-order valence-electron chi connectivity index (χ4n) is 3.63. The number of nitrogens with zero attached hydrogens (tertiary/aromatic N) is 1. The molecule has 0 fully saturated rings. The fourth-order valence-corrected chi connectivity index (χ4v) is 3.63. The molecule has 0 heterocycles. The Hall–Kier alpha value is -3.86. The van der Waals surface area contributed by atoms with Crippen molar-refractivity contribution in [2.75, 3.05) is 0 Å². The summed E-state index contributed by atoms with van der Waals surface area (Å²) >= 11 is 0. The van der Waals surface area contributed by atoms with Gasteiger partial charge in [0.1, 0.15) is 17.2 Å². The summed E-state index contributed by atoms with van der Waals surface area (Å²) in [6.45, 7) is 8.77. The number of carbonyl (C=O) groups is 3. The molecule has 0 aliphatic rings. The fraction of sp³-hybridized carbons (Fsp3) is 0.407. The van der Waals surface area contributed by atoms with E-state index in [0.29, 0.717) is 18.4 Å². The molecule has 4 N–H and O–H groups in total. The molecule has 0 aromatic heterocycles. The highest BCUT2D eigenvalue weighted by Gasteiger charge is 2.39. The van der Waals surface area contributed by atoms with Crippen LogP contribution in [0.1, 0.15) is 58.6 Å². The van der Waals surface area contributed by atoms with Crippen molar-refractivity contribution < 1.29 is 19.1 Å². The molecule has 35 heavy (non-hydrogen) atoms. The molecule has 0 aliphatic carbocycles. The summed E-state index contributed by atoms with van der Waals surface area (Å²) in [5, 5.41) is 14.4. The number of ether oxygens (including phenoxy) is 1. The van der Waals surface area contributed by atoms with Crippen molar-refractivity contribution in [3.8, 4) is 17.2 Å². The van der Waals surface area contributed by atoms with Gasteiger partial charge in [0.15, 0.2) is 0 Å². The van der Waals surface area contributed by atoms with E-state index < -0.39 is 35.1 Å². The van der Waals surface area contributed by atoms with Crippen LogP contribution in [0.25, 0.3) is 11.1 Å². The summed E-state index contributed by atoms with van der Waals surface area (Å²) in [6, 6.07) is 15.9. The SMILES string of the molecule is CCC(CC)(NC(=O)OC(C)(C)C)C(=O)N[C@@H](Cc1ccc(-c2ccc(C#N)cc2)cc1)C(N)=O.